The van der Waals surface area contributed by atoms with Crippen molar-refractivity contribution in [2.45, 2.75) is 28.3 Å². The number of hydrogen-bond acceptors (Lipinski definition) is 1. The van der Waals surface area contributed by atoms with Crippen LogP contribution in [0.3, 0.4) is 0 Å². The number of hydrogen-bond donors (Lipinski definition) is 0. The van der Waals surface area contributed by atoms with Crippen molar-refractivity contribution in [3.8, 4) is 0 Å². The highest BCUT2D eigenvalue weighted by atomic mass is 79.9. The van der Waals surface area contributed by atoms with Crippen molar-refractivity contribution in [1.82, 2.24) is 0 Å². The molecule has 0 aromatic carbocycles. The fourth-order valence-electron chi connectivity index (χ4n) is 4.40. The predicted molar refractivity (Wildman–Crippen MR) is 79.1 cm³/mol. The Kier molecular flexibility index (Phi) is 2.51. The summed E-state index contributed by atoms with van der Waals surface area (Å²) < 4.78 is 0. The number of rotatable bonds is 1. The van der Waals surface area contributed by atoms with E-state index in [2.05, 4.69) is 77.6 Å². The van der Waals surface area contributed by atoms with E-state index in [0.29, 0.717) is 16.5 Å². The molecule has 4 bridgehead atoms. The third-order valence-electron chi connectivity index (χ3n) is 5.39. The Morgan fingerprint density at radius 1 is 1.25 bits per heavy atom. The molecule has 7 unspecified atom stereocenters. The van der Waals surface area contributed by atoms with E-state index in [0.717, 1.165) is 5.33 Å². The Bertz CT molecular complexity index is 395. The van der Waals surface area contributed by atoms with Crippen LogP contribution in [0.1, 0.15) is 13.8 Å². The van der Waals surface area contributed by atoms with Crippen LogP contribution < -0.4 is 0 Å². The molecule has 0 spiro atoms. The molecule has 0 N–H and O–H groups in total. The van der Waals surface area contributed by atoms with E-state index in [1.54, 1.807) is 0 Å². The van der Waals surface area contributed by atoms with Crippen LogP contribution in [0.4, 0.5) is 0 Å². The van der Waals surface area contributed by atoms with Gasteiger partial charge in [0.15, 0.2) is 0 Å². The summed E-state index contributed by atoms with van der Waals surface area (Å²) in [5.74, 6) is 0.881. The van der Waals surface area contributed by atoms with Crippen molar-refractivity contribution in [1.29, 1.82) is 0 Å². The first kappa shape index (κ1) is 12.6. The lowest BCUT2D eigenvalue weighted by Crippen LogP contribution is -2.55. The maximum absolute atomic E-state index is 12.7. The van der Waals surface area contributed by atoms with Crippen LogP contribution in [0, 0.1) is 22.2 Å². The van der Waals surface area contributed by atoms with Gasteiger partial charge in [0.1, 0.15) is 5.78 Å². The largest absolute Gasteiger partial charge is 0.298 e. The topological polar surface area (TPSA) is 17.1 Å². The van der Waals surface area contributed by atoms with Crippen LogP contribution in [-0.2, 0) is 4.79 Å². The molecule has 16 heavy (non-hydrogen) atoms. The van der Waals surface area contributed by atoms with Gasteiger partial charge in [-0.15, -0.1) is 0 Å². The van der Waals surface area contributed by atoms with E-state index in [4.69, 9.17) is 0 Å². The van der Waals surface area contributed by atoms with Crippen molar-refractivity contribution in [2.24, 2.45) is 22.2 Å². The van der Waals surface area contributed by atoms with Crippen LogP contribution in [0.25, 0.3) is 0 Å². The van der Waals surface area contributed by atoms with Gasteiger partial charge in [-0.3, -0.25) is 4.79 Å². The molecule has 4 aliphatic carbocycles. The summed E-state index contributed by atoms with van der Waals surface area (Å²) in [6, 6.07) is 0. The van der Waals surface area contributed by atoms with Gasteiger partial charge in [-0.25, -0.2) is 0 Å². The van der Waals surface area contributed by atoms with E-state index >= 15 is 0 Å². The Morgan fingerprint density at radius 2 is 1.81 bits per heavy atom. The first-order valence-electron chi connectivity index (χ1n) is 5.34. The second-order valence-corrected chi connectivity index (χ2v) is 9.19. The lowest BCUT2D eigenvalue weighted by Gasteiger charge is -2.46. The van der Waals surface area contributed by atoms with Crippen LogP contribution in [0.5, 0.6) is 0 Å². The molecule has 0 aromatic rings. The minimum absolute atomic E-state index is 0.108. The first-order chi connectivity index (χ1) is 7.31. The molecule has 4 rings (SSSR count). The zero-order chi connectivity index (χ0) is 12.1. The molecule has 0 heterocycles. The summed E-state index contributed by atoms with van der Waals surface area (Å²) in [4.78, 5) is 13.6. The van der Waals surface area contributed by atoms with Crippen molar-refractivity contribution >= 4 is 69.5 Å². The highest BCUT2D eigenvalue weighted by Crippen LogP contribution is 2.87. The Labute approximate surface area is 129 Å². The van der Waals surface area contributed by atoms with E-state index < -0.39 is 0 Å². The molecule has 4 aliphatic rings. The Morgan fingerprint density at radius 3 is 2.25 bits per heavy atom. The molecule has 1 nitrogen and oxygen atoms in total. The molecule has 5 heteroatoms. The summed E-state index contributed by atoms with van der Waals surface area (Å²) in [7, 11) is 0. The van der Waals surface area contributed by atoms with Gasteiger partial charge in [0.05, 0.1) is 5.41 Å². The first-order valence-corrected chi connectivity index (χ1v) is 9.21. The van der Waals surface area contributed by atoms with Gasteiger partial charge in [-0.2, -0.15) is 0 Å². The SMILES string of the molecule is CC12C(=O)C3(C)C(C(Br)C1Br)C3(CBr)C2Br. The van der Waals surface area contributed by atoms with Gasteiger partial charge >= 0.3 is 0 Å². The number of halogens is 4. The fraction of sp³-hybridized carbons (Fsp3) is 0.909. The van der Waals surface area contributed by atoms with Gasteiger partial charge in [0, 0.05) is 30.6 Å². The number of carbonyl (C=O) groups excluding carboxylic acids is 1. The fourth-order valence-corrected chi connectivity index (χ4v) is 10.2. The molecule has 90 valence electrons. The van der Waals surface area contributed by atoms with E-state index in [9.17, 15) is 4.79 Å². The van der Waals surface area contributed by atoms with Crippen LogP contribution in [0.2, 0.25) is 0 Å². The smallest absolute Gasteiger partial charge is 0.147 e. The highest BCUT2D eigenvalue weighted by molar-refractivity contribution is 9.12. The second kappa shape index (κ2) is 3.18. The summed E-state index contributed by atoms with van der Waals surface area (Å²) in [5.41, 5.74) is -0.319. The molecule has 4 saturated carbocycles. The molecule has 7 atom stereocenters. The number of fused-ring (bicyclic) bond motifs is 1. The maximum Gasteiger partial charge on any atom is 0.147 e. The molecule has 0 aromatic heterocycles. The average Bonchev–Trinajstić information content (AvgIpc) is 2.80. The monoisotopic (exact) mass is 476 g/mol. The highest BCUT2D eigenvalue weighted by Gasteiger charge is 2.93. The second-order valence-electron chi connectivity index (χ2n) is 5.67. The Hall–Kier alpha value is 1.59. The predicted octanol–water partition coefficient (Wildman–Crippen LogP) is 3.90. The van der Waals surface area contributed by atoms with Gasteiger partial charge < -0.3 is 0 Å². The third-order valence-corrected chi connectivity index (χ3v) is 11.4. The summed E-state index contributed by atoms with van der Waals surface area (Å²) >= 11 is 15.0. The minimum Gasteiger partial charge on any atom is -0.298 e. The van der Waals surface area contributed by atoms with Gasteiger partial charge in [-0.05, 0) is 5.92 Å². The van der Waals surface area contributed by atoms with E-state index in [-0.39, 0.29) is 25.9 Å². The van der Waals surface area contributed by atoms with Crippen LogP contribution >= 0.6 is 63.7 Å². The van der Waals surface area contributed by atoms with Crippen molar-refractivity contribution in [3.05, 3.63) is 0 Å². The molecular formula is C11H12Br4O. The molecule has 0 radical (unpaired) electrons. The van der Waals surface area contributed by atoms with Crippen LogP contribution in [-0.4, -0.2) is 25.6 Å². The molecule has 0 amide bonds. The number of carbonyl (C=O) groups is 1. The molecule has 4 fully saturated rings. The zero-order valence-corrected chi connectivity index (χ0v) is 15.3. The minimum atomic E-state index is -0.286. The lowest BCUT2D eigenvalue weighted by molar-refractivity contribution is -0.132. The van der Waals surface area contributed by atoms with Gasteiger partial charge in [0.25, 0.3) is 0 Å². The summed E-state index contributed by atoms with van der Waals surface area (Å²) in [5, 5.41) is 0.903. The maximum atomic E-state index is 12.7. The number of Topliss-reactive ketones (excluding diaryl/α,β-unsaturated/α-hetero) is 1. The number of alkyl halides is 4. The molecule has 0 saturated heterocycles. The van der Waals surface area contributed by atoms with Crippen molar-refractivity contribution in [2.75, 3.05) is 5.33 Å². The quantitative estimate of drug-likeness (QED) is 0.522. The zero-order valence-electron chi connectivity index (χ0n) is 8.94. The van der Waals surface area contributed by atoms with E-state index in [1.807, 2.05) is 0 Å². The summed E-state index contributed by atoms with van der Waals surface area (Å²) in [6.45, 7) is 4.24. The van der Waals surface area contributed by atoms with Gasteiger partial charge in [-0.1, -0.05) is 77.6 Å². The van der Waals surface area contributed by atoms with Gasteiger partial charge in [0.2, 0.25) is 0 Å². The Balaban J connectivity index is 2.22. The summed E-state index contributed by atoms with van der Waals surface area (Å²) in [6.07, 6.45) is 0. The number of ketones is 1. The third kappa shape index (κ3) is 0.875. The van der Waals surface area contributed by atoms with Crippen LogP contribution in [0.15, 0.2) is 0 Å². The standard InChI is InChI=1S/C11H12Br4O/c1-9-6(14)4(13)5-10(2,8(9)16)11(5,3-12)7(9)15/h4-7H,3H2,1-2H3. The average molecular weight is 480 g/mol. The molecular weight excluding hydrogens is 468 g/mol. The van der Waals surface area contributed by atoms with E-state index in [1.165, 1.54) is 0 Å². The molecule has 0 aliphatic heterocycles. The van der Waals surface area contributed by atoms with Crippen molar-refractivity contribution in [3.63, 3.8) is 0 Å². The lowest BCUT2D eigenvalue weighted by atomic mass is 9.68. The normalized spacial score (nSPS) is 67.2. The van der Waals surface area contributed by atoms with Crippen molar-refractivity contribution < 1.29 is 4.79 Å².